The molecule has 0 bridgehead atoms. The summed E-state index contributed by atoms with van der Waals surface area (Å²) in [5.41, 5.74) is 6.30. The number of pyridine rings is 2. The maximum absolute atomic E-state index is 12.2. The summed E-state index contributed by atoms with van der Waals surface area (Å²) < 4.78 is 0. The van der Waals surface area contributed by atoms with E-state index in [-0.39, 0.29) is 47.9 Å². The molecule has 0 fully saturated rings. The fourth-order valence-electron chi connectivity index (χ4n) is 6.12. The maximum Gasteiger partial charge on any atom is 0.164 e. The van der Waals surface area contributed by atoms with Gasteiger partial charge < -0.3 is 5.11 Å². The average Bonchev–Trinajstić information content (AvgIpc) is 3.53. The van der Waals surface area contributed by atoms with Gasteiger partial charge in [0.15, 0.2) is 5.78 Å². The van der Waals surface area contributed by atoms with E-state index in [2.05, 4.69) is 101 Å². The summed E-state index contributed by atoms with van der Waals surface area (Å²) in [6.07, 6.45) is 7.68. The van der Waals surface area contributed by atoms with E-state index in [4.69, 9.17) is 9.97 Å². The number of ketones is 1. The van der Waals surface area contributed by atoms with Crippen LogP contribution >= 0.6 is 11.3 Å². The second kappa shape index (κ2) is 17.6. The van der Waals surface area contributed by atoms with Gasteiger partial charge in [0.25, 0.3) is 0 Å². The predicted molar refractivity (Wildman–Crippen MR) is 215 cm³/mol. The van der Waals surface area contributed by atoms with Crippen LogP contribution in [-0.4, -0.2) is 20.9 Å². The molecule has 5 rings (SSSR count). The van der Waals surface area contributed by atoms with Gasteiger partial charge in [0, 0.05) is 70.9 Å². The third-order valence-corrected chi connectivity index (χ3v) is 11.5. The van der Waals surface area contributed by atoms with Crippen molar-refractivity contribution in [2.45, 2.75) is 114 Å². The molecule has 1 N–H and O–H groups in total. The summed E-state index contributed by atoms with van der Waals surface area (Å²) in [6.45, 7) is 23.3. The Morgan fingerprint density at radius 2 is 1.53 bits per heavy atom. The first kappa shape index (κ1) is 42.2. The predicted octanol–water partition coefficient (Wildman–Crippen LogP) is 13.1. The van der Waals surface area contributed by atoms with Gasteiger partial charge in [-0.1, -0.05) is 111 Å². The topological polar surface area (TPSA) is 63.1 Å². The molecule has 3 aromatic heterocycles. The van der Waals surface area contributed by atoms with E-state index in [1.165, 1.54) is 39.2 Å². The van der Waals surface area contributed by atoms with Crippen LogP contribution in [0.2, 0.25) is 0 Å². The Bertz CT molecular complexity index is 1960. The zero-order valence-electron chi connectivity index (χ0n) is 32.5. The molecule has 1 radical (unpaired) electrons. The molecule has 0 unspecified atom stereocenters. The number of hydrogen-bond acceptors (Lipinski definition) is 5. The van der Waals surface area contributed by atoms with Crippen molar-refractivity contribution >= 4 is 38.1 Å². The summed E-state index contributed by atoms with van der Waals surface area (Å²) >= 11 is 1.72. The van der Waals surface area contributed by atoms with Crippen LogP contribution in [0.25, 0.3) is 43.4 Å². The monoisotopic (exact) mass is 882 g/mol. The first-order valence-electron chi connectivity index (χ1n) is 18.3. The normalized spacial score (nSPS) is 12.5. The van der Waals surface area contributed by atoms with Crippen molar-refractivity contribution in [2.24, 2.45) is 16.7 Å². The molecule has 0 saturated carbocycles. The van der Waals surface area contributed by atoms with Crippen LogP contribution < -0.4 is 0 Å². The molecule has 0 saturated heterocycles. The quantitative estimate of drug-likeness (QED) is 0.0815. The van der Waals surface area contributed by atoms with Gasteiger partial charge in [-0.2, -0.15) is 0 Å². The van der Waals surface area contributed by atoms with Crippen molar-refractivity contribution in [3.8, 4) is 22.4 Å². The zero-order valence-corrected chi connectivity index (χ0v) is 35.7. The largest absolute Gasteiger partial charge is 0.512 e. The Morgan fingerprint density at radius 3 is 2.14 bits per heavy atom. The van der Waals surface area contributed by atoms with Gasteiger partial charge in [0.1, 0.15) is 10.6 Å². The van der Waals surface area contributed by atoms with E-state index in [1.54, 1.807) is 11.3 Å². The molecule has 0 aliphatic heterocycles. The molecule has 3 heterocycles. The number of rotatable bonds is 11. The summed E-state index contributed by atoms with van der Waals surface area (Å²) in [4.78, 5) is 22.9. The molecule has 5 aromatic rings. The van der Waals surface area contributed by atoms with E-state index in [0.29, 0.717) is 5.92 Å². The number of thiophene rings is 1. The number of benzene rings is 2. The van der Waals surface area contributed by atoms with Gasteiger partial charge in [-0.05, 0) is 67.2 Å². The Morgan fingerprint density at radius 1 is 0.882 bits per heavy atom. The first-order valence-corrected chi connectivity index (χ1v) is 19.2. The molecule has 4 nitrogen and oxygen atoms in total. The summed E-state index contributed by atoms with van der Waals surface area (Å²) in [6, 6.07) is 23.1. The molecule has 0 atom stereocenters. The van der Waals surface area contributed by atoms with Gasteiger partial charge in [0.05, 0.1) is 0 Å². The summed E-state index contributed by atoms with van der Waals surface area (Å²) in [5, 5.41) is 16.0. The van der Waals surface area contributed by atoms with Crippen LogP contribution in [0.4, 0.5) is 0 Å². The number of allylic oxidation sites excluding steroid dienone is 2. The van der Waals surface area contributed by atoms with Gasteiger partial charge >= 0.3 is 0 Å². The molecule has 0 aliphatic carbocycles. The van der Waals surface area contributed by atoms with E-state index in [1.807, 2.05) is 47.7 Å². The van der Waals surface area contributed by atoms with E-state index in [9.17, 15) is 9.90 Å². The molecule has 275 valence electrons. The minimum absolute atomic E-state index is 0. The number of aliphatic hydroxyl groups is 1. The standard InChI is InChI=1S/C30H29N2S.C15H28O2.Ir/c1-19(2)14-23-10-11-25-26(18-33-29(25)32-23)21-12-13-31-28(17-21)22-15-20-8-6-7-9-24(20)27(16-22)30(3,4)5;1-7-14(5,8-2)12(16)11-13(17)15(6,9-3)10-4;/h6-13,16-19H,14H2,1-5H3;11,16H,7-10H2,1-6H3;/q-1;;/b;12-11-;. The fraction of sp³-hybridized carbons (Fsp3) is 0.444. The zero-order chi connectivity index (χ0) is 36.9. The first-order chi connectivity index (χ1) is 23.6. The van der Waals surface area contributed by atoms with Crippen LogP contribution in [0.1, 0.15) is 113 Å². The molecule has 2 aromatic carbocycles. The van der Waals surface area contributed by atoms with Gasteiger partial charge in [-0.15, -0.1) is 40.5 Å². The summed E-state index contributed by atoms with van der Waals surface area (Å²) in [5.74, 6) is 0.891. The number of carbonyl (C=O) groups is 1. The van der Waals surface area contributed by atoms with Crippen LogP contribution in [0.15, 0.2) is 78.0 Å². The van der Waals surface area contributed by atoms with Gasteiger partial charge in [-0.25, -0.2) is 4.98 Å². The van der Waals surface area contributed by atoms with Crippen LogP contribution in [0.3, 0.4) is 0 Å². The number of hydrogen-bond donors (Lipinski definition) is 1. The molecule has 0 aliphatic rings. The molecule has 51 heavy (non-hydrogen) atoms. The molecular formula is C45H57IrN2O2S-. The molecular weight excluding hydrogens is 825 g/mol. The van der Waals surface area contributed by atoms with Crippen LogP contribution in [0.5, 0.6) is 0 Å². The summed E-state index contributed by atoms with van der Waals surface area (Å²) in [7, 11) is 0. The van der Waals surface area contributed by atoms with E-state index < -0.39 is 0 Å². The Hall–Kier alpha value is -3.18. The van der Waals surface area contributed by atoms with Gasteiger partial charge in [0.2, 0.25) is 0 Å². The van der Waals surface area contributed by atoms with Crippen LogP contribution in [0, 0.1) is 22.8 Å². The number of aromatic nitrogens is 2. The molecule has 0 spiro atoms. The van der Waals surface area contributed by atoms with Crippen LogP contribution in [-0.2, 0) is 36.7 Å². The third-order valence-electron chi connectivity index (χ3n) is 10.6. The SMILES string of the molecule is CC(C)Cc1ccc2c(-c3ccnc(-c4[c-]c5ccccc5c(C(C)(C)C)c4)c3)csc2n1.CCC(C)(CC)C(=O)/C=C(\O)C(C)(CC)CC.[Ir]. The van der Waals surface area contributed by atoms with Crippen molar-refractivity contribution in [2.75, 3.05) is 0 Å². The Labute approximate surface area is 324 Å². The number of fused-ring (bicyclic) bond motifs is 2. The van der Waals surface area contributed by atoms with E-state index in [0.717, 1.165) is 53.6 Å². The van der Waals surface area contributed by atoms with Crippen molar-refractivity contribution < 1.29 is 30.0 Å². The number of nitrogens with zero attached hydrogens (tertiary/aromatic N) is 2. The Balaban J connectivity index is 0.000000335. The fourth-order valence-corrected chi connectivity index (χ4v) is 7.09. The number of aliphatic hydroxyl groups excluding tert-OH is 1. The van der Waals surface area contributed by atoms with Gasteiger partial charge in [-0.3, -0.25) is 9.78 Å². The van der Waals surface area contributed by atoms with Crippen molar-refractivity contribution in [1.82, 2.24) is 9.97 Å². The smallest absolute Gasteiger partial charge is 0.164 e. The molecule has 6 heteroatoms. The second-order valence-electron chi connectivity index (χ2n) is 15.7. The van der Waals surface area contributed by atoms with Crippen molar-refractivity contribution in [3.63, 3.8) is 0 Å². The van der Waals surface area contributed by atoms with Crippen molar-refractivity contribution in [1.29, 1.82) is 0 Å². The second-order valence-corrected chi connectivity index (χ2v) is 16.5. The molecule has 0 amide bonds. The Kier molecular flexibility index (Phi) is 14.5. The minimum Gasteiger partial charge on any atom is -0.512 e. The average molecular weight is 882 g/mol. The van der Waals surface area contributed by atoms with Crippen molar-refractivity contribution in [3.05, 3.63) is 95.3 Å². The maximum atomic E-state index is 12.2. The van der Waals surface area contributed by atoms with E-state index >= 15 is 0 Å². The number of carbonyl (C=O) groups excluding carboxylic acids is 1. The minimum atomic E-state index is -0.337. The third kappa shape index (κ3) is 9.83.